The molecule has 7 nitrogen and oxygen atoms in total. The fourth-order valence-electron chi connectivity index (χ4n) is 3.08. The van der Waals surface area contributed by atoms with Crippen molar-refractivity contribution in [3.8, 4) is 10.6 Å². The van der Waals surface area contributed by atoms with Crippen molar-refractivity contribution in [1.29, 1.82) is 0 Å². The number of rotatable bonds is 5. The molecule has 3 N–H and O–H groups in total. The van der Waals surface area contributed by atoms with Crippen LogP contribution in [0.2, 0.25) is 0 Å². The van der Waals surface area contributed by atoms with E-state index < -0.39 is 0 Å². The molecule has 0 unspecified atom stereocenters. The lowest BCUT2D eigenvalue weighted by Crippen LogP contribution is -2.27. The highest BCUT2D eigenvalue weighted by molar-refractivity contribution is 7.18. The molecular formula is C19H23N7S. The van der Waals surface area contributed by atoms with E-state index in [1.54, 1.807) is 17.5 Å². The highest BCUT2D eigenvalue weighted by Gasteiger charge is 2.11. The molecule has 8 heteroatoms. The van der Waals surface area contributed by atoms with Gasteiger partial charge in [0.2, 0.25) is 5.95 Å². The largest absolute Gasteiger partial charge is 0.370 e. The van der Waals surface area contributed by atoms with Gasteiger partial charge in [0.15, 0.2) is 5.13 Å². The number of hydrogen-bond acceptors (Lipinski definition) is 8. The van der Waals surface area contributed by atoms with E-state index in [2.05, 4.69) is 54.0 Å². The van der Waals surface area contributed by atoms with E-state index >= 15 is 0 Å². The first-order chi connectivity index (χ1) is 13.3. The van der Waals surface area contributed by atoms with Crippen LogP contribution in [0.4, 0.5) is 22.5 Å². The molecule has 27 heavy (non-hydrogen) atoms. The third kappa shape index (κ3) is 4.35. The Bertz CT molecular complexity index is 887. The predicted octanol–water partition coefficient (Wildman–Crippen LogP) is 3.19. The maximum absolute atomic E-state index is 4.64. The molecule has 1 aliphatic heterocycles. The quantitative estimate of drug-likeness (QED) is 0.626. The van der Waals surface area contributed by atoms with Crippen molar-refractivity contribution in [2.75, 3.05) is 48.8 Å². The van der Waals surface area contributed by atoms with Crippen LogP contribution in [0.1, 0.15) is 6.42 Å². The molecule has 0 bridgehead atoms. The van der Waals surface area contributed by atoms with Crippen molar-refractivity contribution < 1.29 is 0 Å². The SMILES string of the molecule is CNc1ncc(-c2ccnc(Nc3cccc(N4CCCNCC4)c3)n2)s1. The number of nitrogens with zero attached hydrogens (tertiary/aromatic N) is 4. The zero-order valence-electron chi connectivity index (χ0n) is 15.3. The molecule has 3 aromatic rings. The molecule has 3 heterocycles. The number of benzene rings is 1. The highest BCUT2D eigenvalue weighted by atomic mass is 32.1. The summed E-state index contributed by atoms with van der Waals surface area (Å²) in [6.07, 6.45) is 4.76. The molecule has 1 aromatic carbocycles. The number of aromatic nitrogens is 3. The standard InChI is InChI=1S/C19H23N7S/c1-20-19-23-13-17(27-19)16-6-8-22-18(25-16)24-14-4-2-5-15(12-14)26-10-3-7-21-9-11-26/h2,4-6,8,12-13,21H,3,7,9-11H2,1H3,(H,20,23)(H,22,24,25). The first-order valence-corrected chi connectivity index (χ1v) is 9.93. The summed E-state index contributed by atoms with van der Waals surface area (Å²) in [5, 5.41) is 10.7. The summed E-state index contributed by atoms with van der Waals surface area (Å²) in [4.78, 5) is 16.7. The molecule has 0 amide bonds. The maximum Gasteiger partial charge on any atom is 0.227 e. The van der Waals surface area contributed by atoms with Gasteiger partial charge in [-0.1, -0.05) is 17.4 Å². The monoisotopic (exact) mass is 381 g/mol. The summed E-state index contributed by atoms with van der Waals surface area (Å²) in [5.74, 6) is 0.585. The third-order valence-corrected chi connectivity index (χ3v) is 5.47. The average Bonchev–Trinajstić information content (AvgIpc) is 3.03. The predicted molar refractivity (Wildman–Crippen MR) is 112 cm³/mol. The van der Waals surface area contributed by atoms with Crippen LogP contribution < -0.4 is 20.9 Å². The molecule has 1 fully saturated rings. The van der Waals surface area contributed by atoms with Gasteiger partial charge in [-0.25, -0.2) is 15.0 Å². The van der Waals surface area contributed by atoms with Gasteiger partial charge >= 0.3 is 0 Å². The van der Waals surface area contributed by atoms with Crippen molar-refractivity contribution >= 4 is 33.8 Å². The Labute approximate surface area is 162 Å². The summed E-state index contributed by atoms with van der Waals surface area (Å²) in [7, 11) is 1.86. The van der Waals surface area contributed by atoms with Gasteiger partial charge in [0.05, 0.1) is 10.6 Å². The fourth-order valence-corrected chi connectivity index (χ4v) is 3.82. The number of hydrogen-bond donors (Lipinski definition) is 3. The topological polar surface area (TPSA) is 78.0 Å². The second kappa shape index (κ2) is 8.32. The number of anilines is 4. The highest BCUT2D eigenvalue weighted by Crippen LogP contribution is 2.28. The van der Waals surface area contributed by atoms with Gasteiger partial charge in [0, 0.05) is 50.5 Å². The molecule has 2 aromatic heterocycles. The van der Waals surface area contributed by atoms with Crippen LogP contribution in [0, 0.1) is 0 Å². The first kappa shape index (κ1) is 17.7. The molecule has 0 saturated carbocycles. The Morgan fingerprint density at radius 1 is 1.15 bits per heavy atom. The van der Waals surface area contributed by atoms with Gasteiger partial charge in [-0.3, -0.25) is 0 Å². The van der Waals surface area contributed by atoms with Crippen LogP contribution in [0.3, 0.4) is 0 Å². The Balaban J connectivity index is 1.52. The summed E-state index contributed by atoms with van der Waals surface area (Å²) in [5.41, 5.74) is 3.07. The van der Waals surface area contributed by atoms with E-state index in [1.807, 2.05) is 25.4 Å². The Morgan fingerprint density at radius 2 is 2.11 bits per heavy atom. The van der Waals surface area contributed by atoms with Gasteiger partial charge in [0.1, 0.15) is 0 Å². The van der Waals surface area contributed by atoms with Crippen molar-refractivity contribution in [1.82, 2.24) is 20.3 Å². The van der Waals surface area contributed by atoms with E-state index in [-0.39, 0.29) is 0 Å². The van der Waals surface area contributed by atoms with Gasteiger partial charge in [0.25, 0.3) is 0 Å². The molecule has 1 aliphatic rings. The molecule has 140 valence electrons. The van der Waals surface area contributed by atoms with Crippen LogP contribution in [0.15, 0.2) is 42.7 Å². The second-order valence-electron chi connectivity index (χ2n) is 6.31. The van der Waals surface area contributed by atoms with E-state index in [1.165, 1.54) is 5.69 Å². The van der Waals surface area contributed by atoms with Crippen LogP contribution in [0.25, 0.3) is 10.6 Å². The van der Waals surface area contributed by atoms with Gasteiger partial charge in [-0.15, -0.1) is 0 Å². The zero-order valence-corrected chi connectivity index (χ0v) is 16.1. The number of nitrogens with one attached hydrogen (secondary N) is 3. The number of thiazole rings is 1. The van der Waals surface area contributed by atoms with E-state index in [9.17, 15) is 0 Å². The van der Waals surface area contributed by atoms with Crippen LogP contribution in [-0.2, 0) is 0 Å². The summed E-state index contributed by atoms with van der Waals surface area (Å²) in [6, 6.07) is 10.3. The van der Waals surface area contributed by atoms with Crippen LogP contribution >= 0.6 is 11.3 Å². The minimum absolute atomic E-state index is 0.585. The summed E-state index contributed by atoms with van der Waals surface area (Å²) in [6.45, 7) is 4.20. The molecule has 0 radical (unpaired) electrons. The molecule has 4 rings (SSSR count). The molecule has 0 atom stereocenters. The van der Waals surface area contributed by atoms with Crippen molar-refractivity contribution in [3.05, 3.63) is 42.7 Å². The molecule has 0 aliphatic carbocycles. The van der Waals surface area contributed by atoms with Crippen molar-refractivity contribution in [3.63, 3.8) is 0 Å². The van der Waals surface area contributed by atoms with Crippen LogP contribution in [-0.4, -0.2) is 48.2 Å². The van der Waals surface area contributed by atoms with E-state index in [0.717, 1.165) is 54.0 Å². The smallest absolute Gasteiger partial charge is 0.227 e. The van der Waals surface area contributed by atoms with Crippen LogP contribution in [0.5, 0.6) is 0 Å². The zero-order chi connectivity index (χ0) is 18.5. The fraction of sp³-hybridized carbons (Fsp3) is 0.316. The first-order valence-electron chi connectivity index (χ1n) is 9.11. The lowest BCUT2D eigenvalue weighted by molar-refractivity contribution is 0.724. The minimum Gasteiger partial charge on any atom is -0.370 e. The summed E-state index contributed by atoms with van der Waals surface area (Å²) < 4.78 is 0. The normalized spacial score (nSPS) is 14.6. The average molecular weight is 382 g/mol. The van der Waals surface area contributed by atoms with Gasteiger partial charge in [-0.05, 0) is 37.2 Å². The Kier molecular flexibility index (Phi) is 5.45. The summed E-state index contributed by atoms with van der Waals surface area (Å²) >= 11 is 1.57. The van der Waals surface area contributed by atoms with Crippen molar-refractivity contribution in [2.24, 2.45) is 0 Å². The Morgan fingerprint density at radius 3 is 3.00 bits per heavy atom. The molecule has 1 saturated heterocycles. The third-order valence-electron chi connectivity index (χ3n) is 4.44. The van der Waals surface area contributed by atoms with E-state index in [0.29, 0.717) is 5.95 Å². The molecular weight excluding hydrogens is 358 g/mol. The van der Waals surface area contributed by atoms with Gasteiger partial charge in [-0.2, -0.15) is 0 Å². The maximum atomic E-state index is 4.64. The minimum atomic E-state index is 0.585. The lowest BCUT2D eigenvalue weighted by Gasteiger charge is -2.23. The Hall–Kier alpha value is -2.71. The van der Waals surface area contributed by atoms with E-state index in [4.69, 9.17) is 0 Å². The van der Waals surface area contributed by atoms with Gasteiger partial charge < -0.3 is 20.9 Å². The lowest BCUT2D eigenvalue weighted by atomic mass is 10.2. The molecule has 0 spiro atoms. The van der Waals surface area contributed by atoms with Crippen molar-refractivity contribution in [2.45, 2.75) is 6.42 Å². The second-order valence-corrected chi connectivity index (χ2v) is 7.34.